The highest BCUT2D eigenvalue weighted by molar-refractivity contribution is 4.84. The molecule has 0 saturated carbocycles. The number of nitrogens with one attached hydrogen (secondary N) is 1. The van der Waals surface area contributed by atoms with Gasteiger partial charge < -0.3 is 14.8 Å². The van der Waals surface area contributed by atoms with Gasteiger partial charge in [0.25, 0.3) is 0 Å². The lowest BCUT2D eigenvalue weighted by Gasteiger charge is -2.37. The Morgan fingerprint density at radius 2 is 2.17 bits per heavy atom. The highest BCUT2D eigenvalue weighted by Gasteiger charge is 2.31. The summed E-state index contributed by atoms with van der Waals surface area (Å²) in [7, 11) is 1.78. The molecule has 0 amide bonds. The maximum atomic E-state index is 5.73. The van der Waals surface area contributed by atoms with Crippen LogP contribution in [-0.2, 0) is 9.47 Å². The van der Waals surface area contributed by atoms with Crippen molar-refractivity contribution in [2.24, 2.45) is 11.3 Å². The van der Waals surface area contributed by atoms with Crippen LogP contribution in [0.15, 0.2) is 0 Å². The van der Waals surface area contributed by atoms with Crippen molar-refractivity contribution in [2.75, 3.05) is 40.0 Å². The van der Waals surface area contributed by atoms with E-state index in [9.17, 15) is 0 Å². The Kier molecular flexibility index (Phi) is 7.87. The minimum atomic E-state index is 0.376. The molecule has 0 aromatic heterocycles. The normalized spacial score (nSPS) is 24.7. The maximum absolute atomic E-state index is 5.73. The van der Waals surface area contributed by atoms with Crippen LogP contribution in [0.25, 0.3) is 0 Å². The van der Waals surface area contributed by atoms with Crippen molar-refractivity contribution in [1.82, 2.24) is 5.32 Å². The first kappa shape index (κ1) is 15.9. The zero-order valence-electron chi connectivity index (χ0n) is 12.5. The van der Waals surface area contributed by atoms with E-state index in [0.717, 1.165) is 38.8 Å². The Hall–Kier alpha value is -0.120. The summed E-state index contributed by atoms with van der Waals surface area (Å²) in [6, 6.07) is 0. The average molecular weight is 257 g/mol. The van der Waals surface area contributed by atoms with Gasteiger partial charge in [-0.1, -0.05) is 20.3 Å². The van der Waals surface area contributed by atoms with Crippen LogP contribution in [0, 0.1) is 11.3 Å². The molecule has 1 saturated heterocycles. The van der Waals surface area contributed by atoms with E-state index >= 15 is 0 Å². The SMILES string of the molecule is COCCCCC1(CNCC(C)C)CCCOC1. The standard InChI is InChI=1S/C15H31NO2/c1-14(2)11-16-12-15(7-4-5-9-17-3)8-6-10-18-13-15/h14,16H,4-13H2,1-3H3. The zero-order chi connectivity index (χ0) is 13.3. The summed E-state index contributed by atoms with van der Waals surface area (Å²) < 4.78 is 10.9. The molecule has 0 bridgehead atoms. The van der Waals surface area contributed by atoms with E-state index in [1.165, 1.54) is 32.1 Å². The van der Waals surface area contributed by atoms with Gasteiger partial charge in [-0.3, -0.25) is 0 Å². The zero-order valence-corrected chi connectivity index (χ0v) is 12.5. The van der Waals surface area contributed by atoms with Crippen molar-refractivity contribution >= 4 is 0 Å². The number of ether oxygens (including phenoxy) is 2. The van der Waals surface area contributed by atoms with Gasteiger partial charge in [-0.2, -0.15) is 0 Å². The summed E-state index contributed by atoms with van der Waals surface area (Å²) in [5.74, 6) is 0.722. The fraction of sp³-hybridized carbons (Fsp3) is 1.00. The Morgan fingerprint density at radius 1 is 1.33 bits per heavy atom. The van der Waals surface area contributed by atoms with Gasteiger partial charge in [0, 0.05) is 32.3 Å². The summed E-state index contributed by atoms with van der Waals surface area (Å²) in [6.07, 6.45) is 6.21. The number of rotatable bonds is 9. The molecule has 3 heteroatoms. The van der Waals surface area contributed by atoms with Crippen molar-refractivity contribution in [3.63, 3.8) is 0 Å². The van der Waals surface area contributed by atoms with E-state index in [1.54, 1.807) is 7.11 Å². The predicted molar refractivity (Wildman–Crippen MR) is 75.9 cm³/mol. The molecule has 1 aliphatic heterocycles. The third-order valence-corrected chi connectivity index (χ3v) is 3.76. The third kappa shape index (κ3) is 6.17. The smallest absolute Gasteiger partial charge is 0.0534 e. The Balaban J connectivity index is 2.32. The molecular weight excluding hydrogens is 226 g/mol. The molecule has 0 radical (unpaired) electrons. The second-order valence-electron chi connectivity index (χ2n) is 6.13. The molecular formula is C15H31NO2. The lowest BCUT2D eigenvalue weighted by atomic mass is 9.78. The molecule has 0 spiro atoms. The molecule has 0 aromatic carbocycles. The molecule has 0 aliphatic carbocycles. The van der Waals surface area contributed by atoms with Crippen LogP contribution in [0.5, 0.6) is 0 Å². The fourth-order valence-electron chi connectivity index (χ4n) is 2.71. The first-order valence-electron chi connectivity index (χ1n) is 7.46. The van der Waals surface area contributed by atoms with Gasteiger partial charge in [0.2, 0.25) is 0 Å². The number of hydrogen-bond donors (Lipinski definition) is 1. The van der Waals surface area contributed by atoms with Gasteiger partial charge in [-0.15, -0.1) is 0 Å². The Bertz CT molecular complexity index is 201. The second-order valence-corrected chi connectivity index (χ2v) is 6.13. The Labute approximate surface area is 113 Å². The van der Waals surface area contributed by atoms with Crippen LogP contribution in [0.3, 0.4) is 0 Å². The third-order valence-electron chi connectivity index (χ3n) is 3.76. The molecule has 1 N–H and O–H groups in total. The summed E-state index contributed by atoms with van der Waals surface area (Å²) in [6.45, 7) is 9.51. The molecule has 3 nitrogen and oxygen atoms in total. The average Bonchev–Trinajstić information content (AvgIpc) is 2.36. The van der Waals surface area contributed by atoms with Gasteiger partial charge in [0.05, 0.1) is 6.61 Å². The molecule has 1 fully saturated rings. The van der Waals surface area contributed by atoms with E-state index in [4.69, 9.17) is 9.47 Å². The van der Waals surface area contributed by atoms with Crippen molar-refractivity contribution in [3.8, 4) is 0 Å². The van der Waals surface area contributed by atoms with E-state index in [-0.39, 0.29) is 0 Å². The molecule has 18 heavy (non-hydrogen) atoms. The topological polar surface area (TPSA) is 30.5 Å². The van der Waals surface area contributed by atoms with E-state index in [0.29, 0.717) is 5.41 Å². The van der Waals surface area contributed by atoms with Crippen molar-refractivity contribution < 1.29 is 9.47 Å². The molecule has 1 aliphatic rings. The van der Waals surface area contributed by atoms with Crippen LogP contribution in [0.4, 0.5) is 0 Å². The van der Waals surface area contributed by atoms with Crippen LogP contribution < -0.4 is 5.32 Å². The summed E-state index contributed by atoms with van der Waals surface area (Å²) in [5, 5.41) is 3.63. The van der Waals surface area contributed by atoms with Gasteiger partial charge in [-0.25, -0.2) is 0 Å². The highest BCUT2D eigenvalue weighted by atomic mass is 16.5. The highest BCUT2D eigenvalue weighted by Crippen LogP contribution is 2.33. The lowest BCUT2D eigenvalue weighted by Crippen LogP contribution is -2.42. The van der Waals surface area contributed by atoms with Crippen molar-refractivity contribution in [1.29, 1.82) is 0 Å². The van der Waals surface area contributed by atoms with Gasteiger partial charge in [0.1, 0.15) is 0 Å². The minimum absolute atomic E-state index is 0.376. The summed E-state index contributed by atoms with van der Waals surface area (Å²) >= 11 is 0. The molecule has 1 heterocycles. The van der Waals surface area contributed by atoms with Crippen LogP contribution in [0.1, 0.15) is 46.0 Å². The van der Waals surface area contributed by atoms with Gasteiger partial charge >= 0.3 is 0 Å². The molecule has 1 rings (SSSR count). The van der Waals surface area contributed by atoms with Crippen molar-refractivity contribution in [2.45, 2.75) is 46.0 Å². The van der Waals surface area contributed by atoms with Crippen LogP contribution in [-0.4, -0.2) is 40.0 Å². The van der Waals surface area contributed by atoms with E-state index in [2.05, 4.69) is 19.2 Å². The maximum Gasteiger partial charge on any atom is 0.0534 e. The van der Waals surface area contributed by atoms with E-state index in [1.807, 2.05) is 0 Å². The summed E-state index contributed by atoms with van der Waals surface area (Å²) in [5.41, 5.74) is 0.376. The first-order chi connectivity index (χ1) is 8.68. The lowest BCUT2D eigenvalue weighted by molar-refractivity contribution is -0.0142. The minimum Gasteiger partial charge on any atom is -0.385 e. The van der Waals surface area contributed by atoms with E-state index < -0.39 is 0 Å². The Morgan fingerprint density at radius 3 is 2.78 bits per heavy atom. The number of methoxy groups -OCH3 is 1. The summed E-state index contributed by atoms with van der Waals surface area (Å²) in [4.78, 5) is 0. The van der Waals surface area contributed by atoms with Gasteiger partial charge in [0.15, 0.2) is 0 Å². The number of hydrogen-bond acceptors (Lipinski definition) is 3. The molecule has 1 unspecified atom stereocenters. The van der Waals surface area contributed by atoms with Crippen molar-refractivity contribution in [3.05, 3.63) is 0 Å². The molecule has 0 aromatic rings. The quantitative estimate of drug-likeness (QED) is 0.644. The fourth-order valence-corrected chi connectivity index (χ4v) is 2.71. The largest absolute Gasteiger partial charge is 0.385 e. The number of unbranched alkanes of at least 4 members (excludes halogenated alkanes) is 1. The first-order valence-corrected chi connectivity index (χ1v) is 7.46. The van der Waals surface area contributed by atoms with Crippen LogP contribution in [0.2, 0.25) is 0 Å². The molecule has 1 atom stereocenters. The van der Waals surface area contributed by atoms with Crippen LogP contribution >= 0.6 is 0 Å². The molecule has 108 valence electrons. The van der Waals surface area contributed by atoms with Gasteiger partial charge in [-0.05, 0) is 38.1 Å². The monoisotopic (exact) mass is 257 g/mol. The predicted octanol–water partition coefficient (Wildman–Crippen LogP) is 2.85. The second kappa shape index (κ2) is 8.89.